The molecule has 1 aromatic heterocycles. The third-order valence-corrected chi connectivity index (χ3v) is 4.53. The lowest BCUT2D eigenvalue weighted by Gasteiger charge is -2.29. The number of carbonyl (C=O) groups excluding carboxylic acids is 2. The Hall–Kier alpha value is -2.13. The van der Waals surface area contributed by atoms with Crippen LogP contribution in [0.15, 0.2) is 12.4 Å². The van der Waals surface area contributed by atoms with Gasteiger partial charge in [-0.15, -0.1) is 0 Å². The lowest BCUT2D eigenvalue weighted by atomic mass is 9.97. The van der Waals surface area contributed by atoms with Crippen LogP contribution in [0.3, 0.4) is 0 Å². The van der Waals surface area contributed by atoms with Crippen molar-refractivity contribution in [1.82, 2.24) is 20.2 Å². The van der Waals surface area contributed by atoms with Crippen LogP contribution in [-0.4, -0.2) is 50.2 Å². The van der Waals surface area contributed by atoms with Gasteiger partial charge in [-0.3, -0.25) is 9.59 Å². The van der Waals surface area contributed by atoms with Gasteiger partial charge in [0, 0.05) is 0 Å². The zero-order valence-corrected chi connectivity index (χ0v) is 16.3. The van der Waals surface area contributed by atoms with Gasteiger partial charge in [-0.25, -0.2) is 4.57 Å². The van der Waals surface area contributed by atoms with Crippen LogP contribution in [0.25, 0.3) is 0 Å². The molecular weight excluding hydrogens is 338 g/mol. The van der Waals surface area contributed by atoms with Crippen molar-refractivity contribution in [3.63, 3.8) is 0 Å². The highest BCUT2D eigenvalue weighted by atomic mass is 16.6. The molecule has 0 bridgehead atoms. The lowest BCUT2D eigenvalue weighted by molar-refractivity contribution is -0.396. The molecule has 1 heterocycles. The van der Waals surface area contributed by atoms with Crippen LogP contribution in [-0.2, 0) is 16.1 Å². The Balaban J connectivity index is 2.57. The fourth-order valence-electron chi connectivity index (χ4n) is 2.10. The Morgan fingerprint density at radius 1 is 1.23 bits per heavy atom. The molecule has 1 unspecified atom stereocenters. The molecule has 1 aromatic rings. The maximum Gasteiger partial charge on any atom is 0.434 e. The zero-order chi connectivity index (χ0) is 20.1. The van der Waals surface area contributed by atoms with E-state index in [9.17, 15) is 19.7 Å². The number of hydrogen-bond donors (Lipinski definition) is 2. The first-order chi connectivity index (χ1) is 11.9. The zero-order valence-electron chi connectivity index (χ0n) is 16.3. The standard InChI is InChI=1S/C17H29N5O4/c1-12(9-19-16(3,4)13(2)23)10-20-17(5,6)14(24)11-21-8-7-18-15(21)22(25)26/h7-8,12,19-20H,9-11H2,1-6H3. The predicted molar refractivity (Wildman–Crippen MR) is 97.9 cm³/mol. The van der Waals surface area contributed by atoms with E-state index in [2.05, 4.69) is 15.6 Å². The molecule has 9 heteroatoms. The molecule has 0 saturated heterocycles. The lowest BCUT2D eigenvalue weighted by Crippen LogP contribution is -2.52. The van der Waals surface area contributed by atoms with Crippen molar-refractivity contribution in [3.8, 4) is 0 Å². The number of rotatable bonds is 11. The highest BCUT2D eigenvalue weighted by Crippen LogP contribution is 2.12. The molecule has 2 N–H and O–H groups in total. The van der Waals surface area contributed by atoms with Gasteiger partial charge in [-0.2, -0.15) is 0 Å². The number of nitro groups is 1. The highest BCUT2D eigenvalue weighted by Gasteiger charge is 2.30. The average molecular weight is 367 g/mol. The van der Waals surface area contributed by atoms with E-state index in [-0.39, 0.29) is 30.0 Å². The Kier molecular flexibility index (Phi) is 7.16. The maximum atomic E-state index is 12.5. The first-order valence-corrected chi connectivity index (χ1v) is 8.56. The molecule has 0 aliphatic rings. The minimum atomic E-state index is -0.845. The fraction of sp³-hybridized carbons (Fsp3) is 0.706. The molecule has 0 aromatic carbocycles. The Bertz CT molecular complexity index is 666. The van der Waals surface area contributed by atoms with Crippen LogP contribution in [0.1, 0.15) is 41.5 Å². The van der Waals surface area contributed by atoms with E-state index in [0.29, 0.717) is 13.1 Å². The number of hydrogen-bond acceptors (Lipinski definition) is 7. The summed E-state index contributed by atoms with van der Waals surface area (Å²) in [6, 6.07) is 0. The number of nitrogens with one attached hydrogen (secondary N) is 2. The first kappa shape index (κ1) is 21.9. The number of carbonyl (C=O) groups is 2. The van der Waals surface area contributed by atoms with E-state index in [1.165, 1.54) is 17.0 Å². The monoisotopic (exact) mass is 367 g/mol. The molecule has 0 radical (unpaired) electrons. The molecule has 0 fully saturated rings. The van der Waals surface area contributed by atoms with E-state index in [1.807, 2.05) is 20.8 Å². The van der Waals surface area contributed by atoms with E-state index < -0.39 is 16.0 Å². The topological polar surface area (TPSA) is 119 Å². The van der Waals surface area contributed by atoms with Gasteiger partial charge < -0.3 is 20.7 Å². The summed E-state index contributed by atoms with van der Waals surface area (Å²) >= 11 is 0. The second-order valence-corrected chi connectivity index (χ2v) is 7.71. The third-order valence-electron chi connectivity index (χ3n) is 4.53. The minimum Gasteiger partial charge on any atom is -0.390 e. The SMILES string of the molecule is CC(=O)C(C)(C)NCC(C)CNC(C)(C)C(=O)Cn1ccnc1[N+](=O)[O-]. The van der Waals surface area contributed by atoms with Crippen LogP contribution in [0.5, 0.6) is 0 Å². The molecule has 0 amide bonds. The molecule has 146 valence electrons. The van der Waals surface area contributed by atoms with Gasteiger partial charge >= 0.3 is 5.95 Å². The van der Waals surface area contributed by atoms with Crippen LogP contribution in [0, 0.1) is 16.0 Å². The number of nitrogens with zero attached hydrogens (tertiary/aromatic N) is 3. The summed E-state index contributed by atoms with van der Waals surface area (Å²) in [6.45, 7) is 11.8. The van der Waals surface area contributed by atoms with Crippen molar-refractivity contribution in [2.75, 3.05) is 13.1 Å². The van der Waals surface area contributed by atoms with Crippen molar-refractivity contribution in [3.05, 3.63) is 22.5 Å². The average Bonchev–Trinajstić information content (AvgIpc) is 2.99. The summed E-state index contributed by atoms with van der Waals surface area (Å²) in [5, 5.41) is 17.3. The van der Waals surface area contributed by atoms with Crippen molar-refractivity contribution < 1.29 is 14.5 Å². The molecule has 26 heavy (non-hydrogen) atoms. The Morgan fingerprint density at radius 2 is 1.77 bits per heavy atom. The van der Waals surface area contributed by atoms with Gasteiger partial charge in [-0.1, -0.05) is 11.9 Å². The largest absolute Gasteiger partial charge is 0.434 e. The molecule has 0 spiro atoms. The molecule has 1 atom stereocenters. The summed E-state index contributed by atoms with van der Waals surface area (Å²) in [7, 11) is 0. The second-order valence-electron chi connectivity index (χ2n) is 7.71. The van der Waals surface area contributed by atoms with Crippen LogP contribution in [0.4, 0.5) is 5.95 Å². The van der Waals surface area contributed by atoms with Gasteiger partial charge in [0.15, 0.2) is 5.78 Å². The number of aromatic nitrogens is 2. The molecule has 1 rings (SSSR count). The Labute approximate surface area is 153 Å². The van der Waals surface area contributed by atoms with Crippen LogP contribution in [0.2, 0.25) is 0 Å². The smallest absolute Gasteiger partial charge is 0.390 e. The number of Topliss-reactive ketones (excluding diaryl/α,β-unsaturated/α-hetero) is 2. The highest BCUT2D eigenvalue weighted by molar-refractivity contribution is 5.87. The molecule has 0 saturated carbocycles. The normalized spacial score (nSPS) is 13.5. The molecule has 9 nitrogen and oxygen atoms in total. The van der Waals surface area contributed by atoms with Crippen molar-refractivity contribution in [2.45, 2.75) is 59.2 Å². The fourth-order valence-corrected chi connectivity index (χ4v) is 2.10. The predicted octanol–water partition coefficient (Wildman–Crippen LogP) is 1.32. The minimum absolute atomic E-state index is 0.0649. The molecule has 0 aliphatic carbocycles. The summed E-state index contributed by atoms with van der Waals surface area (Å²) in [6.07, 6.45) is 2.72. The third kappa shape index (κ3) is 5.99. The Morgan fingerprint density at radius 3 is 2.27 bits per heavy atom. The number of imidazole rings is 1. The van der Waals surface area contributed by atoms with Crippen molar-refractivity contribution in [1.29, 1.82) is 0 Å². The summed E-state index contributed by atoms with van der Waals surface area (Å²) < 4.78 is 1.23. The van der Waals surface area contributed by atoms with Crippen LogP contribution >= 0.6 is 0 Å². The van der Waals surface area contributed by atoms with E-state index in [1.54, 1.807) is 20.8 Å². The first-order valence-electron chi connectivity index (χ1n) is 8.56. The number of ketones is 2. The van der Waals surface area contributed by atoms with E-state index in [0.717, 1.165) is 0 Å². The molecular formula is C17H29N5O4. The van der Waals surface area contributed by atoms with Gasteiger partial charge in [-0.05, 0) is 58.5 Å². The summed E-state index contributed by atoms with van der Waals surface area (Å²) in [5.41, 5.74) is -1.43. The quantitative estimate of drug-likeness (QED) is 0.447. The van der Waals surface area contributed by atoms with Crippen molar-refractivity contribution in [2.24, 2.45) is 5.92 Å². The summed E-state index contributed by atoms with van der Waals surface area (Å²) in [4.78, 5) is 38.0. The maximum absolute atomic E-state index is 12.5. The van der Waals surface area contributed by atoms with Crippen molar-refractivity contribution >= 4 is 17.5 Å². The molecule has 0 aliphatic heterocycles. The van der Waals surface area contributed by atoms with Gasteiger partial charge in [0.2, 0.25) is 0 Å². The second kappa shape index (κ2) is 8.50. The van der Waals surface area contributed by atoms with E-state index >= 15 is 0 Å². The van der Waals surface area contributed by atoms with Gasteiger partial charge in [0.1, 0.15) is 24.7 Å². The van der Waals surface area contributed by atoms with Crippen LogP contribution < -0.4 is 10.6 Å². The summed E-state index contributed by atoms with van der Waals surface area (Å²) in [5.74, 6) is -0.278. The van der Waals surface area contributed by atoms with Gasteiger partial charge in [0.25, 0.3) is 0 Å². The van der Waals surface area contributed by atoms with Gasteiger partial charge in [0.05, 0.1) is 11.1 Å². The van der Waals surface area contributed by atoms with E-state index in [4.69, 9.17) is 0 Å².